The number of ketones is 1. The molecular weight excluding hydrogens is 302 g/mol. The molecular formula is C20H23NO3. The van der Waals surface area contributed by atoms with Gasteiger partial charge in [0, 0.05) is 17.7 Å². The molecule has 0 aliphatic rings. The van der Waals surface area contributed by atoms with Crippen LogP contribution in [-0.4, -0.2) is 17.8 Å². The number of Topliss-reactive ketones (excluding diaryl/α,β-unsaturated/α-hetero) is 1. The van der Waals surface area contributed by atoms with Crippen molar-refractivity contribution in [1.29, 1.82) is 0 Å². The quantitative estimate of drug-likeness (QED) is 0.806. The summed E-state index contributed by atoms with van der Waals surface area (Å²) in [7, 11) is 0. The van der Waals surface area contributed by atoms with Crippen LogP contribution in [-0.2, 0) is 4.79 Å². The first-order chi connectivity index (χ1) is 11.4. The van der Waals surface area contributed by atoms with E-state index in [-0.39, 0.29) is 11.7 Å². The van der Waals surface area contributed by atoms with Gasteiger partial charge in [-0.05, 0) is 56.7 Å². The Balaban J connectivity index is 1.99. The maximum atomic E-state index is 12.3. The van der Waals surface area contributed by atoms with Crippen molar-refractivity contribution in [1.82, 2.24) is 0 Å². The van der Waals surface area contributed by atoms with E-state index >= 15 is 0 Å². The van der Waals surface area contributed by atoms with Crippen LogP contribution in [0.1, 0.15) is 41.8 Å². The average molecular weight is 325 g/mol. The largest absolute Gasteiger partial charge is 0.481 e. The van der Waals surface area contributed by atoms with E-state index in [0.717, 1.165) is 16.8 Å². The van der Waals surface area contributed by atoms with Crippen molar-refractivity contribution in [3.05, 3.63) is 59.2 Å². The lowest BCUT2D eigenvalue weighted by Crippen LogP contribution is -2.30. The van der Waals surface area contributed by atoms with Gasteiger partial charge in [-0.15, -0.1) is 0 Å². The first-order valence-corrected chi connectivity index (χ1v) is 8.08. The second-order valence-electron chi connectivity index (χ2n) is 5.87. The lowest BCUT2D eigenvalue weighted by Gasteiger charge is -2.16. The van der Waals surface area contributed by atoms with Gasteiger partial charge in [0.15, 0.2) is 11.9 Å². The van der Waals surface area contributed by atoms with E-state index in [0.29, 0.717) is 17.7 Å². The highest BCUT2D eigenvalue weighted by Crippen LogP contribution is 2.18. The number of carbonyl (C=O) groups is 2. The number of carbonyl (C=O) groups excluding carboxylic acids is 2. The predicted molar refractivity (Wildman–Crippen MR) is 95.7 cm³/mol. The van der Waals surface area contributed by atoms with Crippen molar-refractivity contribution in [2.45, 2.75) is 40.2 Å². The zero-order valence-corrected chi connectivity index (χ0v) is 14.6. The Kier molecular flexibility index (Phi) is 5.74. The summed E-state index contributed by atoms with van der Waals surface area (Å²) in [6.07, 6.45) is -0.173. The number of hydrogen-bond acceptors (Lipinski definition) is 3. The van der Waals surface area contributed by atoms with Crippen LogP contribution in [0.2, 0.25) is 0 Å². The highest BCUT2D eigenvalue weighted by atomic mass is 16.5. The van der Waals surface area contributed by atoms with Crippen LogP contribution in [0.4, 0.5) is 5.69 Å². The fraction of sp³-hybridized carbons (Fsp3) is 0.300. The second kappa shape index (κ2) is 7.77. The summed E-state index contributed by atoms with van der Waals surface area (Å²) in [6.45, 7) is 7.49. The number of rotatable bonds is 6. The molecule has 0 spiro atoms. The molecule has 2 aromatic carbocycles. The van der Waals surface area contributed by atoms with Crippen molar-refractivity contribution in [2.24, 2.45) is 0 Å². The lowest BCUT2D eigenvalue weighted by molar-refractivity contribution is -0.122. The van der Waals surface area contributed by atoms with Gasteiger partial charge in [-0.3, -0.25) is 9.59 Å². The fourth-order valence-electron chi connectivity index (χ4n) is 2.37. The van der Waals surface area contributed by atoms with Gasteiger partial charge in [-0.25, -0.2) is 0 Å². The molecule has 24 heavy (non-hydrogen) atoms. The molecule has 0 heterocycles. The van der Waals surface area contributed by atoms with Crippen molar-refractivity contribution in [2.75, 3.05) is 5.32 Å². The zero-order chi connectivity index (χ0) is 17.7. The molecule has 4 nitrogen and oxygen atoms in total. The Morgan fingerprint density at radius 1 is 1.08 bits per heavy atom. The molecule has 0 saturated carbocycles. The van der Waals surface area contributed by atoms with Gasteiger partial charge < -0.3 is 10.1 Å². The van der Waals surface area contributed by atoms with E-state index in [2.05, 4.69) is 5.32 Å². The van der Waals surface area contributed by atoms with Gasteiger partial charge in [0.1, 0.15) is 5.75 Å². The van der Waals surface area contributed by atoms with Gasteiger partial charge in [0.2, 0.25) is 0 Å². The summed E-state index contributed by atoms with van der Waals surface area (Å²) in [6, 6.07) is 12.7. The molecule has 1 atom stereocenters. The number of hydrogen-bond donors (Lipinski definition) is 1. The molecule has 1 N–H and O–H groups in total. The maximum absolute atomic E-state index is 12.3. The molecule has 0 saturated heterocycles. The molecule has 0 fully saturated rings. The monoisotopic (exact) mass is 325 g/mol. The van der Waals surface area contributed by atoms with E-state index in [4.69, 9.17) is 4.74 Å². The molecule has 0 aliphatic heterocycles. The Morgan fingerprint density at radius 3 is 2.33 bits per heavy atom. The normalized spacial score (nSPS) is 11.7. The van der Waals surface area contributed by atoms with Gasteiger partial charge in [-0.1, -0.05) is 24.6 Å². The summed E-state index contributed by atoms with van der Waals surface area (Å²) < 4.78 is 5.66. The Hall–Kier alpha value is -2.62. The molecule has 2 aromatic rings. The minimum atomic E-state index is -0.640. The zero-order valence-electron chi connectivity index (χ0n) is 14.6. The third-order valence-electron chi connectivity index (χ3n) is 3.82. The van der Waals surface area contributed by atoms with Crippen molar-refractivity contribution in [3.63, 3.8) is 0 Å². The Morgan fingerprint density at radius 2 is 1.75 bits per heavy atom. The van der Waals surface area contributed by atoms with Gasteiger partial charge >= 0.3 is 0 Å². The van der Waals surface area contributed by atoms with Crippen LogP contribution in [0.15, 0.2) is 42.5 Å². The van der Waals surface area contributed by atoms with Crippen LogP contribution >= 0.6 is 0 Å². The highest BCUT2D eigenvalue weighted by Gasteiger charge is 2.16. The van der Waals surface area contributed by atoms with Crippen LogP contribution in [0.3, 0.4) is 0 Å². The summed E-state index contributed by atoms with van der Waals surface area (Å²) >= 11 is 0. The molecule has 0 aromatic heterocycles. The highest BCUT2D eigenvalue weighted by molar-refractivity contribution is 5.96. The van der Waals surface area contributed by atoms with Crippen LogP contribution in [0.5, 0.6) is 5.75 Å². The maximum Gasteiger partial charge on any atom is 0.265 e. The van der Waals surface area contributed by atoms with E-state index in [1.807, 2.05) is 39.0 Å². The van der Waals surface area contributed by atoms with E-state index in [9.17, 15) is 9.59 Å². The standard InChI is InChI=1S/C20H23NO3/c1-5-19(22)16-7-9-17(10-8-16)24-15(4)20(23)21-18-11-6-13(2)12-14(18)3/h6-12,15H,5H2,1-4H3,(H,21,23). The first-order valence-electron chi connectivity index (χ1n) is 8.08. The number of amides is 1. The predicted octanol–water partition coefficient (Wildman–Crippen LogP) is 4.30. The Labute approximate surface area is 142 Å². The molecule has 1 amide bonds. The van der Waals surface area contributed by atoms with Crippen molar-refractivity contribution in [3.8, 4) is 5.75 Å². The smallest absolute Gasteiger partial charge is 0.265 e. The molecule has 126 valence electrons. The number of ether oxygens (including phenoxy) is 1. The first kappa shape index (κ1) is 17.7. The van der Waals surface area contributed by atoms with E-state index in [1.165, 1.54) is 0 Å². The second-order valence-corrected chi connectivity index (χ2v) is 5.87. The summed E-state index contributed by atoms with van der Waals surface area (Å²) in [5.41, 5.74) is 3.59. The van der Waals surface area contributed by atoms with Crippen molar-refractivity contribution >= 4 is 17.4 Å². The number of aryl methyl sites for hydroxylation is 2. The molecule has 2 rings (SSSR count). The SMILES string of the molecule is CCC(=O)c1ccc(OC(C)C(=O)Nc2ccc(C)cc2C)cc1. The summed E-state index contributed by atoms with van der Waals surface area (Å²) in [5, 5.41) is 2.88. The molecule has 0 bridgehead atoms. The van der Waals surface area contributed by atoms with Gasteiger partial charge in [0.05, 0.1) is 0 Å². The van der Waals surface area contributed by atoms with Gasteiger partial charge in [0.25, 0.3) is 5.91 Å². The van der Waals surface area contributed by atoms with E-state index < -0.39 is 6.10 Å². The number of nitrogens with one attached hydrogen (secondary N) is 1. The van der Waals surface area contributed by atoms with Gasteiger partial charge in [-0.2, -0.15) is 0 Å². The molecule has 0 aliphatic carbocycles. The van der Waals surface area contributed by atoms with E-state index in [1.54, 1.807) is 31.2 Å². The summed E-state index contributed by atoms with van der Waals surface area (Å²) in [4.78, 5) is 23.9. The minimum absolute atomic E-state index is 0.0854. The van der Waals surface area contributed by atoms with Crippen LogP contribution in [0, 0.1) is 13.8 Å². The lowest BCUT2D eigenvalue weighted by atomic mass is 10.1. The Bertz CT molecular complexity index is 735. The number of benzene rings is 2. The van der Waals surface area contributed by atoms with Crippen LogP contribution in [0.25, 0.3) is 0 Å². The third-order valence-corrected chi connectivity index (χ3v) is 3.82. The average Bonchev–Trinajstić information content (AvgIpc) is 2.57. The molecule has 0 radical (unpaired) electrons. The minimum Gasteiger partial charge on any atom is -0.481 e. The summed E-state index contributed by atoms with van der Waals surface area (Å²) in [5.74, 6) is 0.434. The topological polar surface area (TPSA) is 55.4 Å². The molecule has 4 heteroatoms. The number of anilines is 1. The third kappa shape index (κ3) is 4.44. The van der Waals surface area contributed by atoms with Crippen LogP contribution < -0.4 is 10.1 Å². The van der Waals surface area contributed by atoms with Crippen molar-refractivity contribution < 1.29 is 14.3 Å². The molecule has 1 unspecified atom stereocenters. The fourth-order valence-corrected chi connectivity index (χ4v) is 2.37.